The number of rotatable bonds is 24. The number of nitrogens with one attached hydrogen (secondary N) is 2. The van der Waals surface area contributed by atoms with Gasteiger partial charge >= 0.3 is 23.5 Å². The molecule has 2 aromatic rings. The summed E-state index contributed by atoms with van der Waals surface area (Å²) < 4.78 is 62.1. The monoisotopic (exact) mass is 867 g/mol. The Kier molecular flexibility index (Phi) is 17.6. The number of carbonyl (C=O) groups excluding carboxylic acids is 2. The summed E-state index contributed by atoms with van der Waals surface area (Å²) in [6.45, 7) is 2.76. The van der Waals surface area contributed by atoms with Crippen LogP contribution in [0.25, 0.3) is 11.2 Å². The summed E-state index contributed by atoms with van der Waals surface area (Å²) in [6.07, 6.45) is -4.84. The van der Waals surface area contributed by atoms with E-state index < -0.39 is 78.6 Å². The zero-order chi connectivity index (χ0) is 41.2. The van der Waals surface area contributed by atoms with Crippen LogP contribution in [0.5, 0.6) is 0 Å². The average Bonchev–Trinajstić information content (AvgIpc) is 3.64. The molecule has 1 aliphatic heterocycles. The van der Waals surface area contributed by atoms with Gasteiger partial charge in [0.1, 0.15) is 36.3 Å². The summed E-state index contributed by atoms with van der Waals surface area (Å²) in [5.41, 5.74) is 4.29. The molecule has 0 aliphatic carbocycles. The van der Waals surface area contributed by atoms with Gasteiger partial charge in [-0.25, -0.2) is 28.6 Å². The Bertz CT molecular complexity index is 1740. The Morgan fingerprint density at radius 2 is 1.73 bits per heavy atom. The normalized spacial score (nSPS) is 22.5. The second-order valence-corrected chi connectivity index (χ2v) is 18.4. The zero-order valence-electron chi connectivity index (χ0n) is 30.0. The molecule has 3 heterocycles. The molecule has 0 saturated carbocycles. The van der Waals surface area contributed by atoms with Crippen molar-refractivity contribution in [2.45, 2.75) is 83.2 Å². The highest BCUT2D eigenvalue weighted by Gasteiger charge is 2.50. The molecule has 1 aliphatic rings. The summed E-state index contributed by atoms with van der Waals surface area (Å²) in [4.78, 5) is 75.5. The zero-order valence-corrected chi connectivity index (χ0v) is 33.5. The fourth-order valence-corrected chi connectivity index (χ4v) is 8.72. The van der Waals surface area contributed by atoms with Crippen molar-refractivity contribution in [1.29, 1.82) is 0 Å². The SMILES string of the molecule is CCCC(O)CCSCCNC(=O)CCNC(=O)[C@H](O)C(C)(C)COP(=O)(O)OP(=O)(O)OC[C@H]1O[C@@H](n2cnc3c(N)ncnc32)[C@H](O)[C@@H]1OP(=O)(O)O. The Labute approximate surface area is 319 Å². The molecule has 1 saturated heterocycles. The Morgan fingerprint density at radius 1 is 1.04 bits per heavy atom. The molecule has 0 radical (unpaired) electrons. The van der Waals surface area contributed by atoms with Gasteiger partial charge in [0.15, 0.2) is 17.7 Å². The van der Waals surface area contributed by atoms with Crippen molar-refractivity contribution in [3.63, 3.8) is 0 Å². The number of thioether (sulfide) groups is 1. The molecule has 8 atom stereocenters. The number of nitrogen functional groups attached to an aromatic ring is 1. The number of phosphoric ester groups is 3. The number of ether oxygens (including phenoxy) is 1. The number of aliphatic hydroxyl groups is 3. The van der Waals surface area contributed by atoms with E-state index in [4.69, 9.17) is 19.5 Å². The number of hydrogen-bond donors (Lipinski definition) is 10. The van der Waals surface area contributed by atoms with Crippen molar-refractivity contribution < 1.29 is 80.8 Å². The van der Waals surface area contributed by atoms with E-state index in [0.29, 0.717) is 18.7 Å². The quantitative estimate of drug-likeness (QED) is 0.0478. The first kappa shape index (κ1) is 47.2. The first-order valence-corrected chi connectivity index (χ1v) is 22.4. The topological polar surface area (TPSA) is 367 Å². The van der Waals surface area contributed by atoms with Crippen molar-refractivity contribution in [2.24, 2.45) is 5.41 Å². The largest absolute Gasteiger partial charge is 0.481 e. The number of aliphatic hydroxyl groups excluding tert-OH is 3. The van der Waals surface area contributed by atoms with Crippen LogP contribution in [0.2, 0.25) is 0 Å². The lowest BCUT2D eigenvalue weighted by atomic mass is 9.87. The van der Waals surface area contributed by atoms with Gasteiger partial charge in [-0.2, -0.15) is 16.1 Å². The number of aromatic nitrogens is 4. The van der Waals surface area contributed by atoms with Crippen LogP contribution < -0.4 is 16.4 Å². The van der Waals surface area contributed by atoms with E-state index in [1.807, 2.05) is 6.92 Å². The molecule has 2 amide bonds. The predicted molar refractivity (Wildman–Crippen MR) is 192 cm³/mol. The average molecular weight is 868 g/mol. The number of nitrogens with two attached hydrogens (primary N) is 1. The minimum absolute atomic E-state index is 0.0352. The number of imidazole rings is 1. The number of nitrogens with zero attached hydrogens (tertiary/aromatic N) is 4. The van der Waals surface area contributed by atoms with E-state index in [-0.39, 0.29) is 42.0 Å². The number of carbonyl (C=O) groups is 2. The predicted octanol–water partition coefficient (Wildman–Crippen LogP) is -0.311. The van der Waals surface area contributed by atoms with E-state index in [1.165, 1.54) is 13.8 Å². The van der Waals surface area contributed by atoms with Crippen LogP contribution in [0, 0.1) is 5.41 Å². The van der Waals surface area contributed by atoms with Gasteiger partial charge in [0.2, 0.25) is 11.8 Å². The van der Waals surface area contributed by atoms with Crippen LogP contribution in [-0.2, 0) is 45.9 Å². The van der Waals surface area contributed by atoms with E-state index in [1.54, 1.807) is 11.8 Å². The van der Waals surface area contributed by atoms with Gasteiger partial charge in [-0.1, -0.05) is 27.2 Å². The lowest BCUT2D eigenvalue weighted by Crippen LogP contribution is -2.46. The summed E-state index contributed by atoms with van der Waals surface area (Å²) >= 11 is 1.58. The van der Waals surface area contributed by atoms with Crippen LogP contribution in [0.1, 0.15) is 52.7 Å². The third-order valence-electron chi connectivity index (χ3n) is 7.86. The molecular formula is C27H48N7O17P3S. The van der Waals surface area contributed by atoms with Gasteiger partial charge in [-0.05, 0) is 18.6 Å². The van der Waals surface area contributed by atoms with Gasteiger partial charge in [0.25, 0.3) is 0 Å². The summed E-state index contributed by atoms with van der Waals surface area (Å²) in [7, 11) is -16.4. The van der Waals surface area contributed by atoms with E-state index in [9.17, 15) is 58.2 Å². The molecular weight excluding hydrogens is 819 g/mol. The second kappa shape index (κ2) is 20.5. The van der Waals surface area contributed by atoms with Crippen molar-refractivity contribution in [1.82, 2.24) is 30.2 Å². The first-order valence-electron chi connectivity index (χ1n) is 16.7. The number of hydrogen-bond acceptors (Lipinski definition) is 18. The lowest BCUT2D eigenvalue weighted by molar-refractivity contribution is -0.137. The van der Waals surface area contributed by atoms with Crippen LogP contribution in [0.15, 0.2) is 12.7 Å². The van der Waals surface area contributed by atoms with Gasteiger partial charge in [0, 0.05) is 30.7 Å². The van der Waals surface area contributed by atoms with E-state index in [2.05, 4.69) is 34.4 Å². The molecule has 2 aromatic heterocycles. The second-order valence-electron chi connectivity index (χ2n) is 12.9. The molecule has 24 nitrogen and oxygen atoms in total. The number of phosphoric acid groups is 3. The molecule has 3 unspecified atom stereocenters. The maximum Gasteiger partial charge on any atom is 0.481 e. The highest BCUT2D eigenvalue weighted by atomic mass is 32.2. The summed E-state index contributed by atoms with van der Waals surface area (Å²) in [6, 6.07) is 0. The third kappa shape index (κ3) is 14.9. The first-order chi connectivity index (χ1) is 25.6. The molecule has 0 bridgehead atoms. The molecule has 28 heteroatoms. The third-order valence-corrected chi connectivity index (χ3v) is 12.0. The molecule has 0 aromatic carbocycles. The highest BCUT2D eigenvalue weighted by molar-refractivity contribution is 7.99. The van der Waals surface area contributed by atoms with Gasteiger partial charge < -0.3 is 56.0 Å². The maximum atomic E-state index is 12.7. The minimum Gasteiger partial charge on any atom is -0.393 e. The van der Waals surface area contributed by atoms with Crippen LogP contribution in [0.3, 0.4) is 0 Å². The molecule has 3 rings (SSSR count). The molecule has 314 valence electrons. The summed E-state index contributed by atoms with van der Waals surface area (Å²) in [5, 5.41) is 36.2. The summed E-state index contributed by atoms with van der Waals surface area (Å²) in [5.74, 6) is 0.0371. The van der Waals surface area contributed by atoms with Crippen molar-refractivity contribution in [2.75, 3.05) is 43.5 Å². The van der Waals surface area contributed by atoms with Crippen molar-refractivity contribution in [3.8, 4) is 0 Å². The number of anilines is 1. The van der Waals surface area contributed by atoms with E-state index >= 15 is 0 Å². The van der Waals surface area contributed by atoms with E-state index in [0.717, 1.165) is 35.8 Å². The molecule has 1 fully saturated rings. The van der Waals surface area contributed by atoms with Gasteiger partial charge in [-0.3, -0.25) is 27.7 Å². The van der Waals surface area contributed by atoms with Gasteiger partial charge in [-0.15, -0.1) is 0 Å². The van der Waals surface area contributed by atoms with Crippen molar-refractivity contribution in [3.05, 3.63) is 12.7 Å². The lowest BCUT2D eigenvalue weighted by Gasteiger charge is -2.30. The van der Waals surface area contributed by atoms with Crippen LogP contribution in [-0.4, -0.2) is 135 Å². The van der Waals surface area contributed by atoms with Crippen LogP contribution >= 0.6 is 35.2 Å². The number of amides is 2. The minimum atomic E-state index is -5.56. The van der Waals surface area contributed by atoms with Crippen molar-refractivity contribution >= 4 is 64.0 Å². The van der Waals surface area contributed by atoms with Crippen LogP contribution in [0.4, 0.5) is 5.82 Å². The fraction of sp³-hybridized carbons (Fsp3) is 0.741. The maximum absolute atomic E-state index is 12.7. The Balaban J connectivity index is 1.48. The molecule has 55 heavy (non-hydrogen) atoms. The number of fused-ring (bicyclic) bond motifs is 1. The van der Waals surface area contributed by atoms with Gasteiger partial charge in [0.05, 0.1) is 25.6 Å². The fourth-order valence-electron chi connectivity index (χ4n) is 5.00. The standard InChI is InChI=1S/C27H48N7O17P3S/c1-4-5-16(35)7-10-55-11-9-29-18(36)6-8-30-25(39)22(38)27(2,3)13-48-54(45,46)51-53(43,44)47-12-17-21(50-52(40,41)42)20(37)26(49-17)34-15-33-19-23(28)31-14-32-24(19)34/h14-17,20-22,26,35,37-38H,4-13H2,1-3H3,(H,29,36)(H,30,39)(H,43,44)(H,45,46)(H2,28,31,32)(H2,40,41,42)/t16?,17-,20-,21-,22+,26-/m1/s1. The highest BCUT2D eigenvalue weighted by Crippen LogP contribution is 2.61. The smallest absolute Gasteiger partial charge is 0.393 e. The Morgan fingerprint density at radius 3 is 2.40 bits per heavy atom. The molecule has 11 N–H and O–H groups in total. The molecule has 0 spiro atoms. The Hall–Kier alpha value is -2.15.